The van der Waals surface area contributed by atoms with Crippen LogP contribution in [0, 0.1) is 5.92 Å². The van der Waals surface area contributed by atoms with Crippen LogP contribution in [0.5, 0.6) is 5.75 Å². The fraction of sp³-hybridized carbons (Fsp3) is 0.625. The first kappa shape index (κ1) is 15.6. The van der Waals surface area contributed by atoms with Crippen LogP contribution < -0.4 is 10.1 Å². The summed E-state index contributed by atoms with van der Waals surface area (Å²) in [6, 6.07) is 6.30. The number of nitrogens with one attached hydrogen (secondary N) is 1. The molecule has 1 saturated heterocycles. The van der Waals surface area contributed by atoms with Gasteiger partial charge in [-0.25, -0.2) is 0 Å². The lowest BCUT2D eigenvalue weighted by atomic mass is 9.87. The zero-order valence-electron chi connectivity index (χ0n) is 12.3. The van der Waals surface area contributed by atoms with Crippen LogP contribution >= 0.6 is 11.6 Å². The maximum Gasteiger partial charge on any atom is 0.122 e. The summed E-state index contributed by atoms with van der Waals surface area (Å²) in [6.07, 6.45) is 3.20. The Balaban J connectivity index is 2.12. The summed E-state index contributed by atoms with van der Waals surface area (Å²) in [5, 5.41) is 4.38. The zero-order chi connectivity index (χ0) is 14.4. The van der Waals surface area contributed by atoms with Crippen molar-refractivity contribution in [2.75, 3.05) is 26.9 Å². The number of halogens is 1. The molecule has 20 heavy (non-hydrogen) atoms. The van der Waals surface area contributed by atoms with Gasteiger partial charge in [0.2, 0.25) is 0 Å². The Morgan fingerprint density at radius 2 is 2.15 bits per heavy atom. The Labute approximate surface area is 126 Å². The van der Waals surface area contributed by atoms with Gasteiger partial charge in [-0.05, 0) is 55.5 Å². The minimum Gasteiger partial charge on any atom is -0.496 e. The molecule has 112 valence electrons. The lowest BCUT2D eigenvalue weighted by Crippen LogP contribution is -2.40. The van der Waals surface area contributed by atoms with Gasteiger partial charge in [0, 0.05) is 24.3 Å². The first-order valence-electron chi connectivity index (χ1n) is 7.38. The number of rotatable bonds is 6. The van der Waals surface area contributed by atoms with E-state index >= 15 is 0 Å². The normalized spacial score (nSPS) is 17.9. The fourth-order valence-electron chi connectivity index (χ4n) is 2.93. The van der Waals surface area contributed by atoms with Crippen LogP contribution in [0.1, 0.15) is 25.3 Å². The van der Waals surface area contributed by atoms with Crippen molar-refractivity contribution in [2.45, 2.75) is 32.2 Å². The molecule has 1 unspecified atom stereocenters. The Bertz CT molecular complexity index is 419. The van der Waals surface area contributed by atoms with E-state index in [4.69, 9.17) is 21.1 Å². The minimum absolute atomic E-state index is 0.455. The van der Waals surface area contributed by atoms with E-state index in [1.165, 1.54) is 5.56 Å². The third-order valence-electron chi connectivity index (χ3n) is 3.98. The average molecular weight is 298 g/mol. The molecule has 1 aliphatic heterocycles. The Morgan fingerprint density at radius 1 is 1.40 bits per heavy atom. The van der Waals surface area contributed by atoms with Gasteiger partial charge in [0.1, 0.15) is 5.75 Å². The standard InChI is InChI=1S/C16H24ClNO2/c1-3-18-15(12-6-8-20-9-7-12)11-13-10-14(17)4-5-16(13)19-2/h4-5,10,12,15,18H,3,6-9,11H2,1-2H3. The Hall–Kier alpha value is -0.770. The van der Waals surface area contributed by atoms with Crippen molar-refractivity contribution in [3.05, 3.63) is 28.8 Å². The number of benzene rings is 1. The van der Waals surface area contributed by atoms with Gasteiger partial charge in [-0.15, -0.1) is 0 Å². The van der Waals surface area contributed by atoms with E-state index in [0.717, 1.165) is 49.8 Å². The Morgan fingerprint density at radius 3 is 2.80 bits per heavy atom. The van der Waals surface area contributed by atoms with Gasteiger partial charge < -0.3 is 14.8 Å². The monoisotopic (exact) mass is 297 g/mol. The van der Waals surface area contributed by atoms with E-state index in [2.05, 4.69) is 12.2 Å². The number of ether oxygens (including phenoxy) is 2. The molecule has 1 atom stereocenters. The number of likely N-dealkylation sites (N-methyl/N-ethyl adjacent to an activating group) is 1. The molecule has 2 rings (SSSR count). The van der Waals surface area contributed by atoms with Crippen molar-refractivity contribution in [1.29, 1.82) is 0 Å². The quantitative estimate of drug-likeness (QED) is 0.874. The highest BCUT2D eigenvalue weighted by Crippen LogP contribution is 2.27. The summed E-state index contributed by atoms with van der Waals surface area (Å²) < 4.78 is 10.9. The number of hydrogen-bond acceptors (Lipinski definition) is 3. The second-order valence-corrected chi connectivity index (χ2v) is 5.71. The molecule has 4 heteroatoms. The van der Waals surface area contributed by atoms with Gasteiger partial charge in [0.05, 0.1) is 7.11 Å². The molecule has 1 aromatic rings. The van der Waals surface area contributed by atoms with Crippen LogP contribution in [0.4, 0.5) is 0 Å². The van der Waals surface area contributed by atoms with E-state index < -0.39 is 0 Å². The lowest BCUT2D eigenvalue weighted by molar-refractivity contribution is 0.0539. The smallest absolute Gasteiger partial charge is 0.122 e. The van der Waals surface area contributed by atoms with Crippen LogP contribution in [-0.2, 0) is 11.2 Å². The molecule has 1 N–H and O–H groups in total. The van der Waals surface area contributed by atoms with Crippen LogP contribution in [0.3, 0.4) is 0 Å². The molecule has 1 fully saturated rings. The molecule has 1 aromatic carbocycles. The number of methoxy groups -OCH3 is 1. The highest BCUT2D eigenvalue weighted by molar-refractivity contribution is 6.30. The molecular formula is C16H24ClNO2. The lowest BCUT2D eigenvalue weighted by Gasteiger charge is -2.31. The SMILES string of the molecule is CCNC(Cc1cc(Cl)ccc1OC)C1CCOCC1. The van der Waals surface area contributed by atoms with Gasteiger partial charge in [-0.2, -0.15) is 0 Å². The summed E-state index contributed by atoms with van der Waals surface area (Å²) in [5.41, 5.74) is 1.18. The van der Waals surface area contributed by atoms with Crippen LogP contribution in [0.15, 0.2) is 18.2 Å². The van der Waals surface area contributed by atoms with Crippen LogP contribution in [-0.4, -0.2) is 32.9 Å². The molecule has 0 saturated carbocycles. The van der Waals surface area contributed by atoms with Crippen LogP contribution in [0.2, 0.25) is 5.02 Å². The summed E-state index contributed by atoms with van der Waals surface area (Å²) in [6.45, 7) is 4.88. The van der Waals surface area contributed by atoms with E-state index in [9.17, 15) is 0 Å². The Kier molecular flexibility index (Phi) is 6.14. The zero-order valence-corrected chi connectivity index (χ0v) is 13.1. The first-order chi connectivity index (χ1) is 9.74. The average Bonchev–Trinajstić information content (AvgIpc) is 2.48. The molecule has 3 nitrogen and oxygen atoms in total. The molecule has 1 heterocycles. The first-order valence-corrected chi connectivity index (χ1v) is 7.76. The topological polar surface area (TPSA) is 30.5 Å². The predicted octanol–water partition coefficient (Wildman–Crippen LogP) is 3.30. The van der Waals surface area contributed by atoms with Gasteiger partial charge in [-0.1, -0.05) is 18.5 Å². The molecule has 0 aliphatic carbocycles. The minimum atomic E-state index is 0.455. The van der Waals surface area contributed by atoms with Crippen molar-refractivity contribution < 1.29 is 9.47 Å². The fourth-order valence-corrected chi connectivity index (χ4v) is 3.12. The summed E-state index contributed by atoms with van der Waals surface area (Å²) >= 11 is 6.12. The van der Waals surface area contributed by atoms with E-state index in [-0.39, 0.29) is 0 Å². The van der Waals surface area contributed by atoms with Crippen molar-refractivity contribution in [2.24, 2.45) is 5.92 Å². The van der Waals surface area contributed by atoms with E-state index in [0.29, 0.717) is 12.0 Å². The summed E-state index contributed by atoms with van der Waals surface area (Å²) in [5.74, 6) is 1.58. The molecular weight excluding hydrogens is 274 g/mol. The third-order valence-corrected chi connectivity index (χ3v) is 4.22. The molecule has 1 aliphatic rings. The highest BCUT2D eigenvalue weighted by Gasteiger charge is 2.24. The van der Waals surface area contributed by atoms with Gasteiger partial charge >= 0.3 is 0 Å². The predicted molar refractivity (Wildman–Crippen MR) is 82.7 cm³/mol. The van der Waals surface area contributed by atoms with E-state index in [1.54, 1.807) is 7.11 Å². The molecule has 0 amide bonds. The van der Waals surface area contributed by atoms with Crippen molar-refractivity contribution >= 4 is 11.6 Å². The second kappa shape index (κ2) is 7.87. The van der Waals surface area contributed by atoms with Crippen molar-refractivity contribution in [1.82, 2.24) is 5.32 Å². The maximum atomic E-state index is 6.12. The van der Waals surface area contributed by atoms with Gasteiger partial charge in [0.25, 0.3) is 0 Å². The molecule has 0 radical (unpaired) electrons. The molecule has 0 aromatic heterocycles. The van der Waals surface area contributed by atoms with Gasteiger partial charge in [-0.3, -0.25) is 0 Å². The van der Waals surface area contributed by atoms with Crippen molar-refractivity contribution in [3.63, 3.8) is 0 Å². The van der Waals surface area contributed by atoms with Crippen molar-refractivity contribution in [3.8, 4) is 5.75 Å². The second-order valence-electron chi connectivity index (χ2n) is 5.27. The molecule has 0 spiro atoms. The van der Waals surface area contributed by atoms with Gasteiger partial charge in [0.15, 0.2) is 0 Å². The summed E-state index contributed by atoms with van der Waals surface area (Å²) in [4.78, 5) is 0. The maximum absolute atomic E-state index is 6.12. The largest absolute Gasteiger partial charge is 0.496 e. The molecule has 0 bridgehead atoms. The van der Waals surface area contributed by atoms with Crippen LogP contribution in [0.25, 0.3) is 0 Å². The number of hydrogen-bond donors (Lipinski definition) is 1. The highest BCUT2D eigenvalue weighted by atomic mass is 35.5. The third kappa shape index (κ3) is 4.11. The summed E-state index contributed by atoms with van der Waals surface area (Å²) in [7, 11) is 1.71. The van der Waals surface area contributed by atoms with E-state index in [1.807, 2.05) is 18.2 Å².